The first-order valence-corrected chi connectivity index (χ1v) is 7.66. The molecule has 2 heteroatoms. The first-order valence-electron chi connectivity index (χ1n) is 7.66. The fourth-order valence-electron chi connectivity index (χ4n) is 2.89. The molecule has 2 aromatic rings. The van der Waals surface area contributed by atoms with E-state index in [4.69, 9.17) is 4.74 Å². The molecule has 1 fully saturated rings. The quantitative estimate of drug-likeness (QED) is 0.861. The van der Waals surface area contributed by atoms with Gasteiger partial charge in [-0.05, 0) is 43.0 Å². The summed E-state index contributed by atoms with van der Waals surface area (Å²) in [4.78, 5) is 0. The lowest BCUT2D eigenvalue weighted by molar-refractivity contribution is 0.413. The Morgan fingerprint density at radius 1 is 1.10 bits per heavy atom. The van der Waals surface area contributed by atoms with Crippen LogP contribution >= 0.6 is 0 Å². The maximum Gasteiger partial charge on any atom is 0.119 e. The lowest BCUT2D eigenvalue weighted by atomic mass is 9.95. The molecule has 110 valence electrons. The van der Waals surface area contributed by atoms with E-state index in [1.807, 2.05) is 6.07 Å². The summed E-state index contributed by atoms with van der Waals surface area (Å²) in [5, 5.41) is 3.70. The number of rotatable bonds is 6. The molecule has 0 unspecified atom stereocenters. The highest BCUT2D eigenvalue weighted by Gasteiger charge is 2.43. The van der Waals surface area contributed by atoms with E-state index < -0.39 is 0 Å². The third kappa shape index (κ3) is 3.11. The van der Waals surface area contributed by atoms with Gasteiger partial charge in [0.05, 0.1) is 7.11 Å². The Bertz CT molecular complexity index is 590. The largest absolute Gasteiger partial charge is 0.497 e. The van der Waals surface area contributed by atoms with E-state index >= 15 is 0 Å². The zero-order valence-electron chi connectivity index (χ0n) is 12.8. The highest BCUT2D eigenvalue weighted by atomic mass is 16.5. The summed E-state index contributed by atoms with van der Waals surface area (Å²) >= 11 is 0. The van der Waals surface area contributed by atoms with Crippen molar-refractivity contribution < 1.29 is 4.74 Å². The van der Waals surface area contributed by atoms with Gasteiger partial charge in [0.15, 0.2) is 0 Å². The van der Waals surface area contributed by atoms with Crippen LogP contribution in [0.15, 0.2) is 54.6 Å². The third-order valence-electron chi connectivity index (χ3n) is 4.58. The fourth-order valence-corrected chi connectivity index (χ4v) is 2.89. The highest BCUT2D eigenvalue weighted by molar-refractivity contribution is 5.33. The predicted molar refractivity (Wildman–Crippen MR) is 86.8 cm³/mol. The molecular weight excluding hydrogens is 258 g/mol. The van der Waals surface area contributed by atoms with Crippen molar-refractivity contribution >= 4 is 0 Å². The summed E-state index contributed by atoms with van der Waals surface area (Å²) < 4.78 is 5.30. The lowest BCUT2D eigenvalue weighted by Crippen LogP contribution is -2.29. The van der Waals surface area contributed by atoms with E-state index in [0.717, 1.165) is 12.3 Å². The van der Waals surface area contributed by atoms with Gasteiger partial charge in [-0.1, -0.05) is 42.5 Å². The number of ether oxygens (including phenoxy) is 1. The number of hydrogen-bond acceptors (Lipinski definition) is 2. The van der Waals surface area contributed by atoms with Gasteiger partial charge in [0.1, 0.15) is 5.75 Å². The molecular formula is C19H23NO. The molecule has 0 amide bonds. The van der Waals surface area contributed by atoms with Gasteiger partial charge < -0.3 is 10.1 Å². The second kappa shape index (κ2) is 5.90. The molecule has 0 saturated heterocycles. The van der Waals surface area contributed by atoms with E-state index in [-0.39, 0.29) is 0 Å². The summed E-state index contributed by atoms with van der Waals surface area (Å²) in [5.74, 6) is 0.922. The smallest absolute Gasteiger partial charge is 0.119 e. The Kier molecular flexibility index (Phi) is 3.98. The van der Waals surface area contributed by atoms with E-state index in [1.54, 1.807) is 7.11 Å². The third-order valence-corrected chi connectivity index (χ3v) is 4.58. The standard InChI is InChI=1S/C19H23NO/c1-15(16-7-6-10-18(13-16)21-2)20-14-19(11-12-19)17-8-4-3-5-9-17/h3-10,13,15,20H,11-12,14H2,1-2H3/t15-/m0/s1. The second-order valence-electron chi connectivity index (χ2n) is 6.03. The summed E-state index contributed by atoms with van der Waals surface area (Å²) in [5.41, 5.74) is 3.10. The predicted octanol–water partition coefficient (Wildman–Crippen LogP) is 4.08. The van der Waals surface area contributed by atoms with Crippen LogP contribution in [0.25, 0.3) is 0 Å². The van der Waals surface area contributed by atoms with Gasteiger partial charge in [-0.2, -0.15) is 0 Å². The van der Waals surface area contributed by atoms with E-state index in [0.29, 0.717) is 11.5 Å². The Morgan fingerprint density at radius 2 is 1.86 bits per heavy atom. The van der Waals surface area contributed by atoms with Crippen molar-refractivity contribution in [2.75, 3.05) is 13.7 Å². The van der Waals surface area contributed by atoms with Crippen molar-refractivity contribution in [3.05, 3.63) is 65.7 Å². The fraction of sp³-hybridized carbons (Fsp3) is 0.368. The first-order chi connectivity index (χ1) is 10.2. The van der Waals surface area contributed by atoms with Crippen molar-refractivity contribution in [3.63, 3.8) is 0 Å². The lowest BCUT2D eigenvalue weighted by Gasteiger charge is -2.21. The van der Waals surface area contributed by atoms with Gasteiger partial charge in [0, 0.05) is 18.0 Å². The molecule has 0 aliphatic heterocycles. The monoisotopic (exact) mass is 281 g/mol. The summed E-state index contributed by atoms with van der Waals surface area (Å²) in [6.07, 6.45) is 2.57. The topological polar surface area (TPSA) is 21.3 Å². The highest BCUT2D eigenvalue weighted by Crippen LogP contribution is 2.47. The molecule has 1 aliphatic carbocycles. The molecule has 0 bridgehead atoms. The van der Waals surface area contributed by atoms with Crippen LogP contribution in [0.4, 0.5) is 0 Å². The van der Waals surface area contributed by atoms with E-state index in [1.165, 1.54) is 24.0 Å². The molecule has 1 atom stereocenters. The molecule has 0 spiro atoms. The normalized spacial score (nSPS) is 17.2. The molecule has 0 heterocycles. The minimum absolute atomic E-state index is 0.335. The van der Waals surface area contributed by atoms with Crippen molar-refractivity contribution in [2.45, 2.75) is 31.2 Å². The van der Waals surface area contributed by atoms with Crippen molar-refractivity contribution in [1.82, 2.24) is 5.32 Å². The molecule has 0 aromatic heterocycles. The van der Waals surface area contributed by atoms with Gasteiger partial charge >= 0.3 is 0 Å². The van der Waals surface area contributed by atoms with Crippen LogP contribution < -0.4 is 10.1 Å². The van der Waals surface area contributed by atoms with Gasteiger partial charge in [-0.25, -0.2) is 0 Å². The van der Waals surface area contributed by atoms with Gasteiger partial charge in [0.2, 0.25) is 0 Å². The van der Waals surface area contributed by atoms with Gasteiger partial charge in [0.25, 0.3) is 0 Å². The summed E-state index contributed by atoms with van der Waals surface area (Å²) in [6, 6.07) is 19.5. The molecule has 1 N–H and O–H groups in total. The van der Waals surface area contributed by atoms with Crippen LogP contribution in [0.3, 0.4) is 0 Å². The Morgan fingerprint density at radius 3 is 2.52 bits per heavy atom. The van der Waals surface area contributed by atoms with Crippen molar-refractivity contribution in [3.8, 4) is 5.75 Å². The number of hydrogen-bond donors (Lipinski definition) is 1. The van der Waals surface area contributed by atoms with Crippen LogP contribution in [0.1, 0.15) is 36.9 Å². The van der Waals surface area contributed by atoms with E-state index in [2.05, 4.69) is 60.8 Å². The van der Waals surface area contributed by atoms with Crippen molar-refractivity contribution in [2.24, 2.45) is 0 Å². The first kappa shape index (κ1) is 14.2. The Labute approximate surface area is 127 Å². The van der Waals surface area contributed by atoms with Crippen LogP contribution in [0.5, 0.6) is 5.75 Å². The minimum atomic E-state index is 0.335. The van der Waals surface area contributed by atoms with E-state index in [9.17, 15) is 0 Å². The molecule has 21 heavy (non-hydrogen) atoms. The van der Waals surface area contributed by atoms with Crippen LogP contribution in [-0.4, -0.2) is 13.7 Å². The zero-order valence-corrected chi connectivity index (χ0v) is 12.8. The molecule has 2 nitrogen and oxygen atoms in total. The number of nitrogens with one attached hydrogen (secondary N) is 1. The van der Waals surface area contributed by atoms with Gasteiger partial charge in [-0.3, -0.25) is 0 Å². The number of methoxy groups -OCH3 is 1. The maximum atomic E-state index is 5.30. The number of benzene rings is 2. The molecule has 0 radical (unpaired) electrons. The van der Waals surface area contributed by atoms with Crippen LogP contribution in [-0.2, 0) is 5.41 Å². The zero-order chi connectivity index (χ0) is 14.7. The minimum Gasteiger partial charge on any atom is -0.497 e. The maximum absolute atomic E-state index is 5.30. The molecule has 1 aliphatic rings. The molecule has 3 rings (SSSR count). The molecule has 2 aromatic carbocycles. The summed E-state index contributed by atoms with van der Waals surface area (Å²) in [7, 11) is 1.71. The van der Waals surface area contributed by atoms with Crippen LogP contribution in [0.2, 0.25) is 0 Å². The summed E-state index contributed by atoms with van der Waals surface area (Å²) in [6.45, 7) is 3.26. The van der Waals surface area contributed by atoms with Gasteiger partial charge in [-0.15, -0.1) is 0 Å². The Balaban J connectivity index is 1.65. The van der Waals surface area contributed by atoms with Crippen LogP contribution in [0, 0.1) is 0 Å². The second-order valence-corrected chi connectivity index (χ2v) is 6.03. The SMILES string of the molecule is COc1cccc([C@H](C)NCC2(c3ccccc3)CC2)c1. The average molecular weight is 281 g/mol. The van der Waals surface area contributed by atoms with Crippen molar-refractivity contribution in [1.29, 1.82) is 0 Å². The Hall–Kier alpha value is -1.80. The average Bonchev–Trinajstić information content (AvgIpc) is 3.35. The molecule has 1 saturated carbocycles.